The zero-order valence-electron chi connectivity index (χ0n) is 14.8. The van der Waals surface area contributed by atoms with Gasteiger partial charge in [-0.3, -0.25) is 4.79 Å². The van der Waals surface area contributed by atoms with E-state index in [9.17, 15) is 23.2 Å². The topological polar surface area (TPSA) is 68.9 Å². The fraction of sp³-hybridized carbons (Fsp3) is 0.211. The van der Waals surface area contributed by atoms with Crippen molar-refractivity contribution < 1.29 is 22.7 Å². The molecule has 146 valence electrons. The third-order valence-electron chi connectivity index (χ3n) is 3.90. The predicted molar refractivity (Wildman–Crippen MR) is 100 cm³/mol. The second-order valence-corrected chi connectivity index (χ2v) is 7.02. The van der Waals surface area contributed by atoms with Crippen molar-refractivity contribution in [1.29, 1.82) is 0 Å². The molecular formula is C19H16F3N3O2S. The number of aromatic nitrogens is 2. The maximum absolute atomic E-state index is 12.8. The lowest BCUT2D eigenvalue weighted by atomic mass is 10.1. The second-order valence-electron chi connectivity index (χ2n) is 6.02. The molecule has 0 aliphatic rings. The lowest BCUT2D eigenvalue weighted by Crippen LogP contribution is -2.23. The fourth-order valence-electron chi connectivity index (χ4n) is 2.55. The molecule has 0 saturated heterocycles. The molecule has 3 aromatic rings. The monoisotopic (exact) mass is 407 g/mol. The quantitative estimate of drug-likeness (QED) is 0.485. The van der Waals surface area contributed by atoms with E-state index in [1.807, 2.05) is 6.92 Å². The number of amides is 1. The van der Waals surface area contributed by atoms with Gasteiger partial charge in [-0.05, 0) is 18.6 Å². The Morgan fingerprint density at radius 3 is 2.36 bits per heavy atom. The van der Waals surface area contributed by atoms with Crippen molar-refractivity contribution in [2.45, 2.75) is 25.9 Å². The van der Waals surface area contributed by atoms with E-state index in [1.165, 1.54) is 35.9 Å². The molecule has 9 heteroatoms. The Hall–Kier alpha value is -2.94. The third kappa shape index (κ3) is 4.48. The zero-order valence-corrected chi connectivity index (χ0v) is 15.6. The zero-order chi connectivity index (χ0) is 20.3. The Bertz CT molecular complexity index is 968. The average molecular weight is 407 g/mol. The number of carbonyl (C=O) groups is 1. The highest BCUT2D eigenvalue weighted by atomic mass is 32.1. The number of hydrogen-bond donors (Lipinski definition) is 1. The van der Waals surface area contributed by atoms with Gasteiger partial charge in [-0.1, -0.05) is 30.4 Å². The first-order chi connectivity index (χ1) is 13.3. The number of anilines is 1. The molecule has 0 aliphatic heterocycles. The van der Waals surface area contributed by atoms with Crippen LogP contribution in [0.4, 0.5) is 18.3 Å². The van der Waals surface area contributed by atoms with Crippen LogP contribution < -0.4 is 10.0 Å². The van der Waals surface area contributed by atoms with Crippen LogP contribution in [0.2, 0.25) is 0 Å². The summed E-state index contributed by atoms with van der Waals surface area (Å²) in [5.41, 5.74) is 0.843. The lowest BCUT2D eigenvalue weighted by Gasteiger charge is -2.07. The number of carbonyl (C=O) groups excluding carboxylic acids is 1. The van der Waals surface area contributed by atoms with Crippen molar-refractivity contribution >= 4 is 22.4 Å². The number of halogens is 3. The number of hydrogen-bond acceptors (Lipinski definition) is 4. The smallest absolute Gasteiger partial charge is 0.416 e. The maximum atomic E-state index is 12.8. The molecule has 1 N–H and O–H groups in total. The van der Waals surface area contributed by atoms with Crippen LogP contribution in [-0.2, 0) is 11.0 Å². The second kappa shape index (κ2) is 7.97. The van der Waals surface area contributed by atoms with Gasteiger partial charge in [0.05, 0.1) is 16.1 Å². The lowest BCUT2D eigenvalue weighted by molar-refractivity contribution is -0.605. The van der Waals surface area contributed by atoms with Gasteiger partial charge in [0.2, 0.25) is 5.91 Å². The van der Waals surface area contributed by atoms with Crippen molar-refractivity contribution in [1.82, 2.24) is 4.98 Å². The largest absolute Gasteiger partial charge is 0.619 e. The number of benzene rings is 1. The molecule has 5 nitrogen and oxygen atoms in total. The van der Waals surface area contributed by atoms with Crippen LogP contribution in [0.1, 0.15) is 25.3 Å². The van der Waals surface area contributed by atoms with E-state index in [1.54, 1.807) is 12.1 Å². The minimum absolute atomic E-state index is 0.188. The van der Waals surface area contributed by atoms with Gasteiger partial charge in [-0.15, -0.1) is 0 Å². The first-order valence-corrected chi connectivity index (χ1v) is 9.27. The predicted octanol–water partition coefficient (Wildman–Crippen LogP) is 4.87. The van der Waals surface area contributed by atoms with Crippen LogP contribution in [0.25, 0.3) is 21.7 Å². The van der Waals surface area contributed by atoms with Gasteiger partial charge >= 0.3 is 6.18 Å². The van der Waals surface area contributed by atoms with E-state index >= 15 is 0 Å². The normalized spacial score (nSPS) is 11.4. The van der Waals surface area contributed by atoms with Crippen LogP contribution in [0.3, 0.4) is 0 Å². The molecule has 0 fully saturated rings. The maximum Gasteiger partial charge on any atom is 0.416 e. The van der Waals surface area contributed by atoms with E-state index in [2.05, 4.69) is 10.3 Å². The minimum atomic E-state index is -4.43. The highest BCUT2D eigenvalue weighted by Crippen LogP contribution is 2.39. The molecule has 0 unspecified atom stereocenters. The number of pyridine rings is 1. The summed E-state index contributed by atoms with van der Waals surface area (Å²) in [6.07, 6.45) is -0.768. The summed E-state index contributed by atoms with van der Waals surface area (Å²) in [4.78, 5) is 17.0. The summed E-state index contributed by atoms with van der Waals surface area (Å²) < 4.78 is 39.1. The van der Waals surface area contributed by atoms with Crippen LogP contribution in [-0.4, -0.2) is 10.9 Å². The average Bonchev–Trinajstić information content (AvgIpc) is 3.05. The van der Waals surface area contributed by atoms with Crippen LogP contribution in [0.5, 0.6) is 0 Å². The molecule has 2 heterocycles. The molecule has 3 rings (SSSR count). The highest BCUT2D eigenvalue weighted by molar-refractivity contribution is 7.19. The molecule has 0 aliphatic carbocycles. The molecular weight excluding hydrogens is 391 g/mol. The Labute approximate surface area is 163 Å². The van der Waals surface area contributed by atoms with Gasteiger partial charge in [-0.2, -0.15) is 17.9 Å². The molecule has 0 spiro atoms. The first kappa shape index (κ1) is 19.8. The van der Waals surface area contributed by atoms with Gasteiger partial charge in [0.15, 0.2) is 17.5 Å². The molecule has 0 saturated carbocycles. The van der Waals surface area contributed by atoms with Crippen molar-refractivity contribution in [3.8, 4) is 21.7 Å². The van der Waals surface area contributed by atoms with E-state index < -0.39 is 11.7 Å². The summed E-state index contributed by atoms with van der Waals surface area (Å²) in [6.45, 7) is 1.88. The van der Waals surface area contributed by atoms with Gasteiger partial charge < -0.3 is 10.5 Å². The van der Waals surface area contributed by atoms with Crippen molar-refractivity contribution in [3.63, 3.8) is 0 Å². The van der Waals surface area contributed by atoms with Crippen LogP contribution in [0.15, 0.2) is 48.8 Å². The summed E-state index contributed by atoms with van der Waals surface area (Å²) in [5.74, 6) is -0.188. The first-order valence-electron chi connectivity index (χ1n) is 8.45. The number of thiazole rings is 1. The summed E-state index contributed by atoms with van der Waals surface area (Å²) >= 11 is 1.20. The highest BCUT2D eigenvalue weighted by Gasteiger charge is 2.30. The van der Waals surface area contributed by atoms with Crippen molar-refractivity contribution in [2.75, 3.05) is 5.32 Å². The fourth-order valence-corrected chi connectivity index (χ4v) is 3.56. The van der Waals surface area contributed by atoms with Crippen LogP contribution >= 0.6 is 11.3 Å². The standard InChI is InChI=1S/C19H16F3N3O2S/c1-2-3-15(26)23-18-24-16(12-4-6-14(7-5-12)19(20,21)22)17(28-18)13-8-10-25(27)11-9-13/h4-11H,2-3H2,1H3,(H,23,24,26). The van der Waals surface area contributed by atoms with Gasteiger partial charge in [0, 0.05) is 29.7 Å². The Balaban J connectivity index is 2.03. The Morgan fingerprint density at radius 1 is 1.14 bits per heavy atom. The van der Waals surface area contributed by atoms with Crippen LogP contribution in [0, 0.1) is 5.21 Å². The molecule has 0 atom stereocenters. The molecule has 1 amide bonds. The molecule has 0 bridgehead atoms. The molecule has 0 radical (unpaired) electrons. The van der Waals surface area contributed by atoms with Gasteiger partial charge in [0.1, 0.15) is 0 Å². The molecule has 2 aromatic heterocycles. The summed E-state index contributed by atoms with van der Waals surface area (Å²) in [7, 11) is 0. The van der Waals surface area contributed by atoms with E-state index in [0.717, 1.165) is 12.1 Å². The van der Waals surface area contributed by atoms with E-state index in [0.29, 0.717) is 44.4 Å². The number of rotatable bonds is 5. The van der Waals surface area contributed by atoms with E-state index in [-0.39, 0.29) is 5.91 Å². The Kier molecular flexibility index (Phi) is 5.64. The van der Waals surface area contributed by atoms with Crippen molar-refractivity contribution in [2.24, 2.45) is 0 Å². The van der Waals surface area contributed by atoms with Crippen molar-refractivity contribution in [3.05, 3.63) is 59.6 Å². The number of nitrogens with zero attached hydrogens (tertiary/aromatic N) is 2. The summed E-state index contributed by atoms with van der Waals surface area (Å²) in [6, 6.07) is 7.84. The third-order valence-corrected chi connectivity index (χ3v) is 4.92. The van der Waals surface area contributed by atoms with Gasteiger partial charge in [0.25, 0.3) is 0 Å². The SMILES string of the molecule is CCCC(=O)Nc1nc(-c2ccc(C(F)(F)F)cc2)c(-c2cc[n+]([O-])cc2)s1. The molecule has 1 aromatic carbocycles. The van der Waals surface area contributed by atoms with Gasteiger partial charge in [-0.25, -0.2) is 4.98 Å². The Morgan fingerprint density at radius 2 is 1.79 bits per heavy atom. The number of nitrogens with one attached hydrogen (secondary N) is 1. The number of alkyl halides is 3. The minimum Gasteiger partial charge on any atom is -0.619 e. The summed E-state index contributed by atoms with van der Waals surface area (Å²) in [5, 5.41) is 14.4. The molecule has 28 heavy (non-hydrogen) atoms. The van der Waals surface area contributed by atoms with E-state index in [4.69, 9.17) is 0 Å².